The van der Waals surface area contributed by atoms with Gasteiger partial charge in [-0.2, -0.15) is 5.26 Å². The number of rotatable bonds is 6. The summed E-state index contributed by atoms with van der Waals surface area (Å²) in [4.78, 5) is 33.6. The third kappa shape index (κ3) is 4.95. The number of nitro groups is 1. The molecule has 2 N–H and O–H groups in total. The minimum Gasteiger partial charge on any atom is -0.478 e. The molecule has 1 amide bonds. The van der Waals surface area contributed by atoms with E-state index in [1.807, 2.05) is 0 Å². The van der Waals surface area contributed by atoms with Crippen LogP contribution in [-0.2, 0) is 4.79 Å². The molecule has 31 heavy (non-hydrogen) atoms. The first kappa shape index (κ1) is 21.3. The van der Waals surface area contributed by atoms with Gasteiger partial charge in [-0.15, -0.1) is 0 Å². The summed E-state index contributed by atoms with van der Waals surface area (Å²) >= 11 is 5.74. The maximum Gasteiger partial charge on any atom is 0.335 e. The number of nitriles is 1. The Morgan fingerprint density at radius 1 is 1.16 bits per heavy atom. The van der Waals surface area contributed by atoms with E-state index < -0.39 is 16.8 Å². The molecule has 0 saturated heterocycles. The molecule has 0 spiro atoms. The molecule has 0 aliphatic carbocycles. The van der Waals surface area contributed by atoms with Crippen molar-refractivity contribution in [1.82, 2.24) is 0 Å². The van der Waals surface area contributed by atoms with Gasteiger partial charge in [0, 0.05) is 23.4 Å². The molecule has 1 aromatic heterocycles. The lowest BCUT2D eigenvalue weighted by molar-refractivity contribution is -0.384. The molecule has 0 atom stereocenters. The highest BCUT2D eigenvalue weighted by molar-refractivity contribution is 6.32. The zero-order chi connectivity index (χ0) is 22.5. The first-order chi connectivity index (χ1) is 14.8. The Bertz CT molecular complexity index is 1250. The zero-order valence-electron chi connectivity index (χ0n) is 15.5. The van der Waals surface area contributed by atoms with Crippen LogP contribution in [0, 0.1) is 21.4 Å². The number of amides is 1. The average Bonchev–Trinajstić information content (AvgIpc) is 3.21. The lowest BCUT2D eigenvalue weighted by Crippen LogP contribution is -2.13. The van der Waals surface area contributed by atoms with E-state index in [1.54, 1.807) is 24.3 Å². The number of benzene rings is 2. The molecule has 0 fully saturated rings. The van der Waals surface area contributed by atoms with E-state index in [2.05, 4.69) is 5.32 Å². The monoisotopic (exact) mass is 437 g/mol. The smallest absolute Gasteiger partial charge is 0.335 e. The highest BCUT2D eigenvalue weighted by Gasteiger charge is 2.16. The number of hydrogen-bond acceptors (Lipinski definition) is 6. The number of carbonyl (C=O) groups excluding carboxylic acids is 1. The first-order valence-corrected chi connectivity index (χ1v) is 8.97. The summed E-state index contributed by atoms with van der Waals surface area (Å²) in [5, 5.41) is 31.6. The molecule has 1 heterocycles. The highest BCUT2D eigenvalue weighted by Crippen LogP contribution is 2.28. The maximum absolute atomic E-state index is 12.4. The molecule has 10 heteroatoms. The van der Waals surface area contributed by atoms with Crippen LogP contribution in [-0.4, -0.2) is 21.9 Å². The lowest BCUT2D eigenvalue weighted by atomic mass is 10.1. The molecular weight excluding hydrogens is 426 g/mol. The number of aromatic carboxylic acids is 1. The van der Waals surface area contributed by atoms with Gasteiger partial charge in [-0.05, 0) is 36.4 Å². The number of anilines is 1. The number of carboxylic acid groups (broad SMARTS) is 1. The predicted molar refractivity (Wildman–Crippen MR) is 111 cm³/mol. The van der Waals surface area contributed by atoms with Gasteiger partial charge in [0.2, 0.25) is 0 Å². The van der Waals surface area contributed by atoms with Crippen molar-refractivity contribution in [1.29, 1.82) is 5.26 Å². The van der Waals surface area contributed by atoms with Gasteiger partial charge >= 0.3 is 5.97 Å². The van der Waals surface area contributed by atoms with E-state index in [9.17, 15) is 25.0 Å². The summed E-state index contributed by atoms with van der Waals surface area (Å²) in [5.74, 6) is -1.21. The van der Waals surface area contributed by atoms with Crippen LogP contribution < -0.4 is 5.32 Å². The van der Waals surface area contributed by atoms with Crippen molar-refractivity contribution in [2.75, 3.05) is 5.32 Å². The second-order valence-corrected chi connectivity index (χ2v) is 6.54. The van der Waals surface area contributed by atoms with Gasteiger partial charge in [0.25, 0.3) is 11.6 Å². The molecular formula is C21H12ClN3O6. The fourth-order valence-electron chi connectivity index (χ4n) is 2.58. The largest absolute Gasteiger partial charge is 0.478 e. The standard InChI is InChI=1S/C21H12ClN3O6/c22-17-7-5-15(10-18(17)25(29)30)24-20(26)14(11-23)9-16-6-8-19(31-16)12-1-3-13(4-2-12)21(27)28/h1-10H,(H,24,26)(H,27,28)/b14-9+. The topological polar surface area (TPSA) is 146 Å². The third-order valence-corrected chi connectivity index (χ3v) is 4.42. The SMILES string of the molecule is N#C/C(=C\c1ccc(-c2ccc(C(=O)O)cc2)o1)C(=O)Nc1ccc(Cl)c([N+](=O)[O-])c1. The summed E-state index contributed by atoms with van der Waals surface area (Å²) in [6.07, 6.45) is 1.22. The number of nitrogens with zero attached hydrogens (tertiary/aromatic N) is 2. The van der Waals surface area contributed by atoms with Crippen molar-refractivity contribution in [3.8, 4) is 17.4 Å². The van der Waals surface area contributed by atoms with Crippen LogP contribution >= 0.6 is 11.6 Å². The van der Waals surface area contributed by atoms with E-state index in [0.29, 0.717) is 11.3 Å². The Balaban J connectivity index is 1.80. The van der Waals surface area contributed by atoms with Crippen molar-refractivity contribution in [3.05, 3.63) is 86.6 Å². The second-order valence-electron chi connectivity index (χ2n) is 6.13. The molecule has 9 nitrogen and oxygen atoms in total. The van der Waals surface area contributed by atoms with E-state index >= 15 is 0 Å². The Morgan fingerprint density at radius 3 is 2.48 bits per heavy atom. The number of nitro benzene ring substituents is 1. The van der Waals surface area contributed by atoms with Crippen LogP contribution in [0.4, 0.5) is 11.4 Å². The number of furan rings is 1. The Hall–Kier alpha value is -4.42. The summed E-state index contributed by atoms with van der Waals surface area (Å²) in [6, 6.07) is 14.6. The highest BCUT2D eigenvalue weighted by atomic mass is 35.5. The fourth-order valence-corrected chi connectivity index (χ4v) is 2.77. The number of halogens is 1. The number of carbonyl (C=O) groups is 2. The lowest BCUT2D eigenvalue weighted by Gasteiger charge is -2.04. The quantitative estimate of drug-likeness (QED) is 0.244. The Labute approximate surface area is 179 Å². The van der Waals surface area contributed by atoms with E-state index in [4.69, 9.17) is 21.1 Å². The molecule has 0 radical (unpaired) electrons. The Kier molecular flexibility index (Phi) is 6.14. The first-order valence-electron chi connectivity index (χ1n) is 8.59. The third-order valence-electron chi connectivity index (χ3n) is 4.10. The van der Waals surface area contributed by atoms with Crippen molar-refractivity contribution >= 4 is 40.9 Å². The number of hydrogen-bond donors (Lipinski definition) is 2. The molecule has 0 unspecified atom stereocenters. The van der Waals surface area contributed by atoms with Crippen molar-refractivity contribution in [2.24, 2.45) is 0 Å². The van der Waals surface area contributed by atoms with Gasteiger partial charge in [0.05, 0.1) is 10.5 Å². The van der Waals surface area contributed by atoms with Crippen molar-refractivity contribution in [3.63, 3.8) is 0 Å². The molecule has 0 aliphatic heterocycles. The van der Waals surface area contributed by atoms with E-state index in [-0.39, 0.29) is 33.3 Å². The number of carboxylic acids is 1. The van der Waals surface area contributed by atoms with Gasteiger partial charge in [-0.1, -0.05) is 23.7 Å². The Morgan fingerprint density at radius 2 is 1.87 bits per heavy atom. The predicted octanol–water partition coefficient (Wildman–Crippen LogP) is 4.75. The van der Waals surface area contributed by atoms with Crippen LogP contribution in [0.3, 0.4) is 0 Å². The van der Waals surface area contributed by atoms with Gasteiger partial charge in [0.1, 0.15) is 28.2 Å². The van der Waals surface area contributed by atoms with Gasteiger partial charge < -0.3 is 14.8 Å². The van der Waals surface area contributed by atoms with E-state index in [1.165, 1.54) is 36.4 Å². The zero-order valence-corrected chi connectivity index (χ0v) is 16.3. The summed E-state index contributed by atoms with van der Waals surface area (Å²) < 4.78 is 5.61. The molecule has 0 bridgehead atoms. The van der Waals surface area contributed by atoms with Crippen LogP contribution in [0.15, 0.2) is 64.6 Å². The summed E-state index contributed by atoms with van der Waals surface area (Å²) in [5.41, 5.74) is 0.162. The molecule has 3 aromatic rings. The van der Waals surface area contributed by atoms with Crippen molar-refractivity contribution in [2.45, 2.75) is 0 Å². The minimum absolute atomic E-state index is 0.0847. The fraction of sp³-hybridized carbons (Fsp3) is 0. The summed E-state index contributed by atoms with van der Waals surface area (Å²) in [6.45, 7) is 0. The molecule has 0 aliphatic rings. The minimum atomic E-state index is -1.05. The molecule has 0 saturated carbocycles. The summed E-state index contributed by atoms with van der Waals surface area (Å²) in [7, 11) is 0. The van der Waals surface area contributed by atoms with E-state index in [0.717, 1.165) is 6.07 Å². The molecule has 2 aromatic carbocycles. The second kappa shape index (κ2) is 8.94. The van der Waals surface area contributed by atoms with Gasteiger partial charge in [-0.3, -0.25) is 14.9 Å². The number of nitrogens with one attached hydrogen (secondary N) is 1. The van der Waals surface area contributed by atoms with Crippen molar-refractivity contribution < 1.29 is 24.0 Å². The normalized spacial score (nSPS) is 10.9. The maximum atomic E-state index is 12.4. The van der Waals surface area contributed by atoms with Gasteiger partial charge in [-0.25, -0.2) is 4.79 Å². The molecule has 3 rings (SSSR count). The van der Waals surface area contributed by atoms with Crippen LogP contribution in [0.5, 0.6) is 0 Å². The van der Waals surface area contributed by atoms with Gasteiger partial charge in [0.15, 0.2) is 0 Å². The van der Waals surface area contributed by atoms with Crippen LogP contribution in [0.25, 0.3) is 17.4 Å². The average molecular weight is 438 g/mol. The van der Waals surface area contributed by atoms with Crippen LogP contribution in [0.2, 0.25) is 5.02 Å². The van der Waals surface area contributed by atoms with Crippen LogP contribution in [0.1, 0.15) is 16.1 Å². The molecule has 154 valence electrons.